The van der Waals surface area contributed by atoms with Gasteiger partial charge in [0.1, 0.15) is 5.75 Å². The third-order valence-electron chi connectivity index (χ3n) is 3.28. The number of nitrogens with zero attached hydrogens (tertiary/aromatic N) is 4. The lowest BCUT2D eigenvalue weighted by molar-refractivity contribution is 0.414. The lowest BCUT2D eigenvalue weighted by Gasteiger charge is -2.04. The van der Waals surface area contributed by atoms with Gasteiger partial charge in [0.25, 0.3) is 0 Å². The maximum atomic E-state index is 5.16. The van der Waals surface area contributed by atoms with E-state index < -0.39 is 0 Å². The molecular formula is C16H16N4OS. The van der Waals surface area contributed by atoms with Gasteiger partial charge in [-0.2, -0.15) is 0 Å². The van der Waals surface area contributed by atoms with Crippen molar-refractivity contribution in [2.45, 2.75) is 10.9 Å². The molecule has 0 saturated carbocycles. The molecule has 0 aliphatic heterocycles. The molecule has 0 bridgehead atoms. The van der Waals surface area contributed by atoms with Crippen LogP contribution in [0.5, 0.6) is 5.75 Å². The second-order valence-corrected chi connectivity index (χ2v) is 5.69. The highest BCUT2D eigenvalue weighted by molar-refractivity contribution is 7.98. The number of methoxy groups -OCH3 is 1. The minimum Gasteiger partial charge on any atom is -0.497 e. The van der Waals surface area contributed by atoms with Crippen LogP contribution in [-0.2, 0) is 12.8 Å². The Labute approximate surface area is 133 Å². The van der Waals surface area contributed by atoms with Crippen molar-refractivity contribution < 1.29 is 4.74 Å². The molecule has 0 spiro atoms. The van der Waals surface area contributed by atoms with Crippen LogP contribution in [0.15, 0.2) is 53.9 Å². The Hall–Kier alpha value is -2.34. The Morgan fingerprint density at radius 1 is 1.14 bits per heavy atom. The van der Waals surface area contributed by atoms with Gasteiger partial charge in [-0.3, -0.25) is 4.98 Å². The van der Waals surface area contributed by atoms with E-state index in [4.69, 9.17) is 4.74 Å². The molecule has 0 unspecified atom stereocenters. The van der Waals surface area contributed by atoms with E-state index >= 15 is 0 Å². The second-order valence-electron chi connectivity index (χ2n) is 4.74. The van der Waals surface area contributed by atoms with Crippen molar-refractivity contribution >= 4 is 11.8 Å². The minimum absolute atomic E-state index is 0.824. The van der Waals surface area contributed by atoms with Gasteiger partial charge in [0.05, 0.1) is 7.11 Å². The summed E-state index contributed by atoms with van der Waals surface area (Å²) in [4.78, 5) is 4.12. The van der Waals surface area contributed by atoms with Crippen molar-refractivity contribution in [2.75, 3.05) is 7.11 Å². The highest BCUT2D eigenvalue weighted by Crippen LogP contribution is 2.25. The van der Waals surface area contributed by atoms with Crippen LogP contribution in [0.25, 0.3) is 11.4 Å². The molecule has 0 N–H and O–H groups in total. The molecule has 0 saturated heterocycles. The number of benzene rings is 1. The summed E-state index contributed by atoms with van der Waals surface area (Å²) in [7, 11) is 3.64. The molecule has 3 rings (SSSR count). The van der Waals surface area contributed by atoms with Crippen LogP contribution in [0.3, 0.4) is 0 Å². The molecule has 1 aromatic carbocycles. The van der Waals surface area contributed by atoms with Crippen molar-refractivity contribution in [3.8, 4) is 17.1 Å². The number of pyridine rings is 1. The summed E-state index contributed by atoms with van der Waals surface area (Å²) in [6, 6.07) is 11.9. The highest BCUT2D eigenvalue weighted by Gasteiger charge is 2.11. The van der Waals surface area contributed by atoms with Crippen molar-refractivity contribution in [3.63, 3.8) is 0 Å². The van der Waals surface area contributed by atoms with E-state index in [1.54, 1.807) is 31.3 Å². The van der Waals surface area contributed by atoms with Crippen LogP contribution in [0.4, 0.5) is 0 Å². The number of ether oxygens (including phenoxy) is 1. The van der Waals surface area contributed by atoms with Crippen molar-refractivity contribution in [2.24, 2.45) is 7.05 Å². The van der Waals surface area contributed by atoms with Gasteiger partial charge in [-0.1, -0.05) is 23.9 Å². The fourth-order valence-corrected chi connectivity index (χ4v) is 2.92. The molecule has 0 aliphatic carbocycles. The molecule has 0 radical (unpaired) electrons. The number of aromatic nitrogens is 4. The van der Waals surface area contributed by atoms with E-state index in [-0.39, 0.29) is 0 Å². The van der Waals surface area contributed by atoms with Crippen LogP contribution >= 0.6 is 11.8 Å². The van der Waals surface area contributed by atoms with Crippen LogP contribution in [0.2, 0.25) is 0 Å². The van der Waals surface area contributed by atoms with Gasteiger partial charge in [-0.15, -0.1) is 10.2 Å². The van der Waals surface area contributed by atoms with Gasteiger partial charge in [0.2, 0.25) is 0 Å². The average molecular weight is 312 g/mol. The van der Waals surface area contributed by atoms with E-state index in [1.807, 2.05) is 35.9 Å². The summed E-state index contributed by atoms with van der Waals surface area (Å²) in [6.45, 7) is 0. The molecule has 6 heteroatoms. The predicted molar refractivity (Wildman–Crippen MR) is 86.8 cm³/mol. The minimum atomic E-state index is 0.824. The predicted octanol–water partition coefficient (Wildman–Crippen LogP) is 3.18. The fraction of sp³-hybridized carbons (Fsp3) is 0.188. The van der Waals surface area contributed by atoms with Crippen molar-refractivity contribution in [3.05, 3.63) is 54.4 Å². The summed E-state index contributed by atoms with van der Waals surface area (Å²) >= 11 is 1.66. The Kier molecular flexibility index (Phi) is 4.39. The Bertz CT molecular complexity index is 741. The van der Waals surface area contributed by atoms with Gasteiger partial charge in [-0.25, -0.2) is 0 Å². The topological polar surface area (TPSA) is 52.8 Å². The first-order valence-corrected chi connectivity index (χ1v) is 7.82. The third kappa shape index (κ3) is 3.12. The molecule has 2 heterocycles. The third-order valence-corrected chi connectivity index (χ3v) is 4.37. The molecule has 0 atom stereocenters. The van der Waals surface area contributed by atoms with Gasteiger partial charge < -0.3 is 9.30 Å². The number of hydrogen-bond acceptors (Lipinski definition) is 5. The smallest absolute Gasteiger partial charge is 0.191 e. The van der Waals surface area contributed by atoms with Crippen LogP contribution < -0.4 is 4.74 Å². The Balaban J connectivity index is 1.72. The van der Waals surface area contributed by atoms with Crippen LogP contribution in [0, 0.1) is 0 Å². The zero-order valence-electron chi connectivity index (χ0n) is 12.4. The quantitative estimate of drug-likeness (QED) is 0.677. The first-order chi connectivity index (χ1) is 10.8. The lowest BCUT2D eigenvalue weighted by Crippen LogP contribution is -1.95. The molecule has 0 fully saturated rings. The first-order valence-electron chi connectivity index (χ1n) is 6.83. The van der Waals surface area contributed by atoms with Gasteiger partial charge in [-0.05, 0) is 29.8 Å². The SMILES string of the molecule is COc1ccc(CSc2nnc(-c3cccnc3)n2C)cc1. The second kappa shape index (κ2) is 6.62. The molecule has 3 aromatic rings. The molecule has 0 aliphatic rings. The summed E-state index contributed by atoms with van der Waals surface area (Å²) < 4.78 is 7.16. The van der Waals surface area contributed by atoms with E-state index in [0.717, 1.165) is 28.0 Å². The standard InChI is InChI=1S/C16H16N4OS/c1-20-15(13-4-3-9-17-10-13)18-19-16(20)22-11-12-5-7-14(21-2)8-6-12/h3-10H,11H2,1-2H3. The molecule has 22 heavy (non-hydrogen) atoms. The lowest BCUT2D eigenvalue weighted by atomic mass is 10.2. The summed E-state index contributed by atoms with van der Waals surface area (Å²) in [5.41, 5.74) is 2.19. The maximum Gasteiger partial charge on any atom is 0.191 e. The largest absolute Gasteiger partial charge is 0.497 e. The van der Waals surface area contributed by atoms with Crippen molar-refractivity contribution in [1.29, 1.82) is 0 Å². The summed E-state index contributed by atoms with van der Waals surface area (Å²) in [5.74, 6) is 2.53. The van der Waals surface area contributed by atoms with Gasteiger partial charge in [0.15, 0.2) is 11.0 Å². The molecule has 5 nitrogen and oxygen atoms in total. The van der Waals surface area contributed by atoms with Crippen LogP contribution in [-0.4, -0.2) is 26.9 Å². The normalized spacial score (nSPS) is 10.6. The Morgan fingerprint density at radius 2 is 1.95 bits per heavy atom. The molecule has 2 aromatic heterocycles. The molecule has 112 valence electrons. The summed E-state index contributed by atoms with van der Waals surface area (Å²) in [5, 5.41) is 9.41. The monoisotopic (exact) mass is 312 g/mol. The van der Waals surface area contributed by atoms with Gasteiger partial charge in [0, 0.05) is 30.8 Å². The number of thioether (sulfide) groups is 1. The summed E-state index contributed by atoms with van der Waals surface area (Å²) in [6.07, 6.45) is 3.54. The fourth-order valence-electron chi connectivity index (χ4n) is 2.06. The number of rotatable bonds is 5. The highest BCUT2D eigenvalue weighted by atomic mass is 32.2. The Morgan fingerprint density at radius 3 is 2.64 bits per heavy atom. The maximum absolute atomic E-state index is 5.16. The zero-order valence-corrected chi connectivity index (χ0v) is 13.2. The molecular weight excluding hydrogens is 296 g/mol. The van der Waals surface area contributed by atoms with E-state index in [9.17, 15) is 0 Å². The molecule has 0 amide bonds. The number of hydrogen-bond donors (Lipinski definition) is 0. The zero-order chi connectivity index (χ0) is 15.4. The van der Waals surface area contributed by atoms with E-state index in [0.29, 0.717) is 0 Å². The van der Waals surface area contributed by atoms with Crippen molar-refractivity contribution in [1.82, 2.24) is 19.7 Å². The van der Waals surface area contributed by atoms with Gasteiger partial charge >= 0.3 is 0 Å². The van der Waals surface area contributed by atoms with Crippen LogP contribution in [0.1, 0.15) is 5.56 Å². The first kappa shape index (κ1) is 14.6. The van der Waals surface area contributed by atoms with E-state index in [1.165, 1.54) is 5.56 Å². The average Bonchev–Trinajstić information content (AvgIpc) is 2.95. The van der Waals surface area contributed by atoms with E-state index in [2.05, 4.69) is 27.3 Å².